The summed E-state index contributed by atoms with van der Waals surface area (Å²) in [6.07, 6.45) is -1.22. The van der Waals surface area contributed by atoms with E-state index in [-0.39, 0.29) is 12.2 Å². The summed E-state index contributed by atoms with van der Waals surface area (Å²) < 4.78 is 77.7. The van der Waals surface area contributed by atoms with Gasteiger partial charge in [0, 0.05) is 30.2 Å². The van der Waals surface area contributed by atoms with E-state index in [0.717, 1.165) is 12.5 Å². The summed E-state index contributed by atoms with van der Waals surface area (Å²) in [4.78, 5) is 24.2. The molecule has 0 aliphatic heterocycles. The van der Waals surface area contributed by atoms with Crippen LogP contribution in [0.15, 0.2) is 55.0 Å². The van der Waals surface area contributed by atoms with Gasteiger partial charge in [0.2, 0.25) is 10.0 Å². The first-order valence-corrected chi connectivity index (χ1v) is 12.4. The smallest absolute Gasteiger partial charge is 0.300 e. The highest BCUT2D eigenvalue weighted by atomic mass is 32.2. The van der Waals surface area contributed by atoms with Gasteiger partial charge >= 0.3 is 6.18 Å². The summed E-state index contributed by atoms with van der Waals surface area (Å²) in [5.74, 6) is -1.83. The number of ketones is 1. The van der Waals surface area contributed by atoms with Gasteiger partial charge in [-0.3, -0.25) is 13.9 Å². The van der Waals surface area contributed by atoms with Crippen LogP contribution in [0.4, 0.5) is 23.4 Å². The Morgan fingerprint density at radius 1 is 1.08 bits per heavy atom. The van der Waals surface area contributed by atoms with E-state index in [0.29, 0.717) is 28.0 Å². The molecule has 1 aromatic carbocycles. The molecule has 0 amide bonds. The van der Waals surface area contributed by atoms with E-state index in [2.05, 4.69) is 15.0 Å². The van der Waals surface area contributed by atoms with Gasteiger partial charge in [-0.2, -0.15) is 13.2 Å². The molecule has 13 heteroatoms. The molecule has 0 unspecified atom stereocenters. The molecular weight excluding hydrogens is 502 g/mol. The molecule has 0 aliphatic rings. The van der Waals surface area contributed by atoms with Crippen LogP contribution < -0.4 is 4.72 Å². The lowest BCUT2D eigenvalue weighted by Crippen LogP contribution is -2.13. The molecular formula is C23H19F4N5O3S. The van der Waals surface area contributed by atoms with Crippen molar-refractivity contribution < 1.29 is 30.8 Å². The van der Waals surface area contributed by atoms with Gasteiger partial charge in [0.25, 0.3) is 0 Å². The van der Waals surface area contributed by atoms with Crippen LogP contribution in [0.25, 0.3) is 28.3 Å². The molecule has 0 bridgehead atoms. The topological polar surface area (TPSA) is 106 Å². The average Bonchev–Trinajstić information content (AvgIpc) is 3.21. The van der Waals surface area contributed by atoms with E-state index >= 15 is 0 Å². The van der Waals surface area contributed by atoms with Crippen molar-refractivity contribution in [1.82, 2.24) is 19.4 Å². The number of rotatable bonds is 8. The highest BCUT2D eigenvalue weighted by molar-refractivity contribution is 7.92. The third kappa shape index (κ3) is 6.22. The van der Waals surface area contributed by atoms with E-state index in [1.165, 1.54) is 0 Å². The number of pyridine rings is 1. The Kier molecular flexibility index (Phi) is 6.76. The Balaban J connectivity index is 1.59. The molecule has 0 fully saturated rings. The van der Waals surface area contributed by atoms with Gasteiger partial charge in [-0.1, -0.05) is 18.2 Å². The number of hydrogen-bond acceptors (Lipinski definition) is 6. The molecule has 4 rings (SSSR count). The average molecular weight is 521 g/mol. The standard InChI is InChI=1S/C23H19F4N5O3S/c1-36(34,35)31-22-18(24)12-29-21(30-22)16-6-8-32-19(13-28-20(32)11-16)15-4-2-3-14(9-15)10-17(33)5-7-23(25,26)27/h2-4,6,8-9,11-13H,5,7,10H2,1H3,(H,29,30,31). The lowest BCUT2D eigenvalue weighted by Gasteiger charge is -2.08. The van der Waals surface area contributed by atoms with E-state index in [1.807, 2.05) is 4.72 Å². The van der Waals surface area contributed by atoms with Gasteiger partial charge < -0.3 is 0 Å². The van der Waals surface area contributed by atoms with E-state index in [1.54, 1.807) is 53.2 Å². The molecule has 0 saturated carbocycles. The fourth-order valence-corrected chi connectivity index (χ4v) is 4.02. The number of imidazole rings is 1. The third-order valence-corrected chi connectivity index (χ3v) is 5.67. The maximum Gasteiger partial charge on any atom is 0.389 e. The lowest BCUT2D eigenvalue weighted by molar-refractivity contribution is -0.143. The van der Waals surface area contributed by atoms with Crippen molar-refractivity contribution in [3.05, 3.63) is 66.4 Å². The number of benzene rings is 1. The SMILES string of the molecule is CS(=O)(=O)Nc1nc(-c2ccn3c(-c4cccc(CC(=O)CCC(F)(F)F)c4)cnc3c2)ncc1F. The van der Waals surface area contributed by atoms with Gasteiger partial charge in [-0.25, -0.2) is 27.8 Å². The zero-order chi connectivity index (χ0) is 26.1. The first-order valence-electron chi connectivity index (χ1n) is 10.5. The summed E-state index contributed by atoms with van der Waals surface area (Å²) in [7, 11) is -3.75. The van der Waals surface area contributed by atoms with Crippen LogP contribution in [0.2, 0.25) is 0 Å². The predicted molar refractivity (Wildman–Crippen MR) is 124 cm³/mol. The number of carbonyl (C=O) groups is 1. The molecule has 1 N–H and O–H groups in total. The number of sulfonamides is 1. The molecule has 0 aliphatic carbocycles. The molecule has 0 atom stereocenters. The second-order valence-electron chi connectivity index (χ2n) is 8.08. The van der Waals surface area contributed by atoms with Gasteiger partial charge in [0.15, 0.2) is 17.5 Å². The Morgan fingerprint density at radius 3 is 2.58 bits per heavy atom. The van der Waals surface area contributed by atoms with Crippen molar-refractivity contribution in [3.63, 3.8) is 0 Å². The molecule has 0 saturated heterocycles. The summed E-state index contributed by atoms with van der Waals surface area (Å²) in [5, 5.41) is 0. The van der Waals surface area contributed by atoms with E-state index < -0.39 is 46.5 Å². The minimum atomic E-state index is -4.38. The number of Topliss-reactive ketones (excluding diaryl/α,β-unsaturated/α-hetero) is 1. The minimum absolute atomic E-state index is 0.0777. The molecule has 3 aromatic heterocycles. The van der Waals surface area contributed by atoms with Crippen molar-refractivity contribution >= 4 is 27.3 Å². The summed E-state index contributed by atoms with van der Waals surface area (Å²) in [6, 6.07) is 10.1. The molecule has 3 heterocycles. The van der Waals surface area contributed by atoms with E-state index in [9.17, 15) is 30.8 Å². The van der Waals surface area contributed by atoms with Crippen molar-refractivity contribution in [2.75, 3.05) is 11.0 Å². The van der Waals surface area contributed by atoms with Crippen molar-refractivity contribution in [2.24, 2.45) is 0 Å². The van der Waals surface area contributed by atoms with Gasteiger partial charge in [-0.05, 0) is 23.8 Å². The Bertz CT molecular complexity index is 1550. The molecule has 188 valence electrons. The quantitative estimate of drug-likeness (QED) is 0.344. The zero-order valence-electron chi connectivity index (χ0n) is 18.8. The van der Waals surface area contributed by atoms with Crippen molar-refractivity contribution in [3.8, 4) is 22.6 Å². The maximum absolute atomic E-state index is 13.9. The van der Waals surface area contributed by atoms with Crippen LogP contribution >= 0.6 is 0 Å². The third-order valence-electron chi connectivity index (χ3n) is 5.11. The molecule has 8 nitrogen and oxygen atoms in total. The van der Waals surface area contributed by atoms with Gasteiger partial charge in [0.1, 0.15) is 11.4 Å². The monoisotopic (exact) mass is 521 g/mol. The fraction of sp³-hybridized carbons (Fsp3) is 0.217. The summed E-state index contributed by atoms with van der Waals surface area (Å²) in [5.41, 5.74) is 2.89. The normalized spacial score (nSPS) is 12.1. The molecule has 36 heavy (non-hydrogen) atoms. The number of aromatic nitrogens is 4. The Labute approximate surface area is 203 Å². The Morgan fingerprint density at radius 2 is 1.86 bits per heavy atom. The number of anilines is 1. The lowest BCUT2D eigenvalue weighted by atomic mass is 10.0. The largest absolute Gasteiger partial charge is 0.389 e. The number of fused-ring (bicyclic) bond motifs is 1. The van der Waals surface area contributed by atoms with Crippen LogP contribution in [0.1, 0.15) is 18.4 Å². The van der Waals surface area contributed by atoms with E-state index in [4.69, 9.17) is 0 Å². The van der Waals surface area contributed by atoms with Crippen molar-refractivity contribution in [1.29, 1.82) is 0 Å². The molecule has 0 radical (unpaired) electrons. The second-order valence-corrected chi connectivity index (χ2v) is 9.83. The van der Waals surface area contributed by atoms with Gasteiger partial charge in [0.05, 0.1) is 30.8 Å². The van der Waals surface area contributed by atoms with Crippen LogP contribution in [-0.2, 0) is 21.2 Å². The predicted octanol–water partition coefficient (Wildman–Crippen LogP) is 4.42. The summed E-state index contributed by atoms with van der Waals surface area (Å²) in [6.45, 7) is 0. The summed E-state index contributed by atoms with van der Waals surface area (Å²) >= 11 is 0. The fourth-order valence-electron chi connectivity index (χ4n) is 3.52. The number of alkyl halides is 3. The van der Waals surface area contributed by atoms with Crippen LogP contribution in [-0.4, -0.2) is 46.0 Å². The maximum atomic E-state index is 13.9. The van der Waals surface area contributed by atoms with Crippen molar-refractivity contribution in [2.45, 2.75) is 25.4 Å². The minimum Gasteiger partial charge on any atom is -0.300 e. The highest BCUT2D eigenvalue weighted by Gasteiger charge is 2.27. The number of carbonyl (C=O) groups excluding carboxylic acids is 1. The van der Waals surface area contributed by atoms with Crippen LogP contribution in [0.5, 0.6) is 0 Å². The number of halogens is 4. The van der Waals surface area contributed by atoms with Crippen LogP contribution in [0, 0.1) is 5.82 Å². The molecule has 4 aromatic rings. The first-order chi connectivity index (χ1) is 16.9. The Hall–Kier alpha value is -3.87. The van der Waals surface area contributed by atoms with Gasteiger partial charge in [-0.15, -0.1) is 0 Å². The zero-order valence-corrected chi connectivity index (χ0v) is 19.6. The number of nitrogens with one attached hydrogen (secondary N) is 1. The molecule has 0 spiro atoms. The number of hydrogen-bond donors (Lipinski definition) is 1. The first kappa shape index (κ1) is 25.2. The highest BCUT2D eigenvalue weighted by Crippen LogP contribution is 2.26. The van der Waals surface area contributed by atoms with Crippen LogP contribution in [0.3, 0.4) is 0 Å². The second kappa shape index (κ2) is 9.64. The number of nitrogens with zero attached hydrogens (tertiary/aromatic N) is 4.